The van der Waals surface area contributed by atoms with Gasteiger partial charge in [0, 0.05) is 12.1 Å². The third-order valence-corrected chi connectivity index (χ3v) is 4.04. The molecule has 0 aromatic heterocycles. The lowest BCUT2D eigenvalue weighted by Gasteiger charge is -2.20. The van der Waals surface area contributed by atoms with Crippen LogP contribution in [0.15, 0.2) is 30.4 Å². The van der Waals surface area contributed by atoms with Gasteiger partial charge in [-0.25, -0.2) is 0 Å². The number of anilines is 1. The molecule has 0 radical (unpaired) electrons. The number of allylic oxidation sites excluding steroid dienone is 2. The Balaban J connectivity index is 2.11. The Kier molecular flexibility index (Phi) is 6.19. The van der Waals surface area contributed by atoms with Gasteiger partial charge in [-0.1, -0.05) is 12.2 Å². The van der Waals surface area contributed by atoms with E-state index in [0.717, 1.165) is 12.1 Å². The number of carbonyl (C=O) groups excluding carboxylic acids is 2. The molecule has 0 saturated carbocycles. The van der Waals surface area contributed by atoms with Gasteiger partial charge in [0.1, 0.15) is 0 Å². The molecule has 1 aromatic carbocycles. The van der Waals surface area contributed by atoms with Gasteiger partial charge in [0.25, 0.3) is 11.6 Å². The Hall–Kier alpha value is -2.91. The molecule has 146 valence electrons. The third kappa shape index (κ3) is 5.28. The van der Waals surface area contributed by atoms with Crippen LogP contribution in [0, 0.1) is 16.0 Å². The fourth-order valence-electron chi connectivity index (χ4n) is 2.56. The van der Waals surface area contributed by atoms with Crippen molar-refractivity contribution in [3.8, 4) is 0 Å². The number of carbonyl (C=O) groups is 2. The van der Waals surface area contributed by atoms with E-state index in [1.54, 1.807) is 0 Å². The van der Waals surface area contributed by atoms with Gasteiger partial charge in [-0.3, -0.25) is 19.7 Å². The average molecular weight is 386 g/mol. The van der Waals surface area contributed by atoms with Crippen LogP contribution in [-0.4, -0.2) is 22.9 Å². The molecule has 27 heavy (non-hydrogen) atoms. The van der Waals surface area contributed by atoms with Crippen LogP contribution in [0.25, 0.3) is 0 Å². The predicted molar refractivity (Wildman–Crippen MR) is 88.8 cm³/mol. The van der Waals surface area contributed by atoms with Crippen molar-refractivity contribution in [3.05, 3.63) is 46.0 Å². The van der Waals surface area contributed by atoms with E-state index < -0.39 is 51.9 Å². The first-order valence-electron chi connectivity index (χ1n) is 8.11. The molecule has 1 aromatic rings. The topological polar surface area (TPSA) is 98.5 Å². The molecule has 0 fully saturated rings. The minimum absolute atomic E-state index is 0.334. The van der Waals surface area contributed by atoms with E-state index in [9.17, 15) is 32.9 Å². The highest BCUT2D eigenvalue weighted by atomic mass is 19.4. The number of benzene rings is 1. The van der Waals surface area contributed by atoms with Crippen molar-refractivity contribution in [3.63, 3.8) is 0 Å². The molecule has 0 bridgehead atoms. The molecule has 1 amide bonds. The summed E-state index contributed by atoms with van der Waals surface area (Å²) in [5.74, 6) is -1.95. The zero-order valence-electron chi connectivity index (χ0n) is 14.3. The number of nitro benzene ring substituents is 1. The Morgan fingerprint density at radius 1 is 1.33 bits per heavy atom. The zero-order valence-corrected chi connectivity index (χ0v) is 14.3. The number of alkyl halides is 3. The lowest BCUT2D eigenvalue weighted by Crippen LogP contribution is -2.33. The lowest BCUT2D eigenvalue weighted by molar-refractivity contribution is -0.385. The van der Waals surface area contributed by atoms with Gasteiger partial charge in [-0.05, 0) is 32.3 Å². The van der Waals surface area contributed by atoms with Gasteiger partial charge >= 0.3 is 12.1 Å². The fraction of sp³-hybridized carbons (Fsp3) is 0.412. The van der Waals surface area contributed by atoms with Crippen LogP contribution in [0.4, 0.5) is 24.5 Å². The summed E-state index contributed by atoms with van der Waals surface area (Å²) >= 11 is 0. The maximum absolute atomic E-state index is 13.1. The minimum atomic E-state index is -4.91. The number of nitrogens with zero attached hydrogens (tertiary/aromatic N) is 1. The molecule has 0 aliphatic heterocycles. The first-order valence-corrected chi connectivity index (χ1v) is 8.11. The number of hydrogen-bond donors (Lipinski definition) is 1. The molecule has 0 heterocycles. The first-order chi connectivity index (χ1) is 12.6. The van der Waals surface area contributed by atoms with Gasteiger partial charge in [-0.2, -0.15) is 13.2 Å². The van der Waals surface area contributed by atoms with E-state index in [1.807, 2.05) is 17.5 Å². The second kappa shape index (κ2) is 8.19. The molecular formula is C17H17F3N2O5. The fourth-order valence-corrected chi connectivity index (χ4v) is 2.56. The molecule has 0 unspecified atom stereocenters. The van der Waals surface area contributed by atoms with Crippen molar-refractivity contribution < 1.29 is 32.4 Å². The van der Waals surface area contributed by atoms with Crippen LogP contribution >= 0.6 is 0 Å². The second-order valence-corrected chi connectivity index (χ2v) is 6.03. The van der Waals surface area contributed by atoms with Crippen LogP contribution in [0.5, 0.6) is 0 Å². The van der Waals surface area contributed by atoms with Gasteiger partial charge < -0.3 is 10.1 Å². The average Bonchev–Trinajstić information content (AvgIpc) is 2.61. The lowest BCUT2D eigenvalue weighted by atomic mass is 9.95. The van der Waals surface area contributed by atoms with Crippen LogP contribution in [0.3, 0.4) is 0 Å². The van der Waals surface area contributed by atoms with Gasteiger partial charge in [0.2, 0.25) is 0 Å². The molecule has 2 atom stereocenters. The predicted octanol–water partition coefficient (Wildman–Crippen LogP) is 3.84. The molecule has 1 aliphatic rings. The quantitative estimate of drug-likeness (QED) is 0.359. The van der Waals surface area contributed by atoms with Crippen LogP contribution < -0.4 is 5.32 Å². The SMILES string of the molecule is C[C@@H](OC(=O)[C@H]1CC=CCC1)C(=O)Nc1ccc([N+](=O)[O-])cc1C(F)(F)F. The van der Waals surface area contributed by atoms with Gasteiger partial charge in [0.15, 0.2) is 6.10 Å². The molecule has 10 heteroatoms. The number of halogens is 3. The van der Waals surface area contributed by atoms with Crippen LogP contribution in [-0.2, 0) is 20.5 Å². The van der Waals surface area contributed by atoms with Gasteiger partial charge in [0.05, 0.1) is 22.1 Å². The number of nitro groups is 1. The highest BCUT2D eigenvalue weighted by molar-refractivity contribution is 5.96. The Labute approximate surface area is 152 Å². The minimum Gasteiger partial charge on any atom is -0.452 e. The summed E-state index contributed by atoms with van der Waals surface area (Å²) in [7, 11) is 0. The number of esters is 1. The van der Waals surface area contributed by atoms with Crippen molar-refractivity contribution in [1.82, 2.24) is 0 Å². The standard InChI is InChI=1S/C17H17F3N2O5/c1-10(27-16(24)11-5-3-2-4-6-11)15(23)21-14-8-7-12(22(25)26)9-13(14)17(18,19)20/h2-3,7-11H,4-6H2,1H3,(H,21,23)/t10-,11+/m1/s1. The van der Waals surface area contributed by atoms with Crippen molar-refractivity contribution in [1.29, 1.82) is 0 Å². The summed E-state index contributed by atoms with van der Waals surface area (Å²) in [5.41, 5.74) is -2.77. The molecular weight excluding hydrogens is 369 g/mol. The number of amides is 1. The van der Waals surface area contributed by atoms with Crippen molar-refractivity contribution >= 4 is 23.3 Å². The van der Waals surface area contributed by atoms with E-state index in [-0.39, 0.29) is 0 Å². The van der Waals surface area contributed by atoms with E-state index >= 15 is 0 Å². The van der Waals surface area contributed by atoms with Gasteiger partial charge in [-0.15, -0.1) is 0 Å². The molecule has 7 nitrogen and oxygen atoms in total. The zero-order chi connectivity index (χ0) is 20.2. The summed E-state index contributed by atoms with van der Waals surface area (Å²) in [6.45, 7) is 1.24. The molecule has 1 N–H and O–H groups in total. The number of hydrogen-bond acceptors (Lipinski definition) is 5. The van der Waals surface area contributed by atoms with Crippen molar-refractivity contribution in [2.75, 3.05) is 5.32 Å². The molecule has 0 saturated heterocycles. The van der Waals surface area contributed by atoms with E-state index in [1.165, 1.54) is 6.92 Å². The molecule has 1 aliphatic carbocycles. The normalized spacial score (nSPS) is 17.9. The number of non-ortho nitro benzene ring substituents is 1. The number of ether oxygens (including phenoxy) is 1. The maximum Gasteiger partial charge on any atom is 0.418 e. The highest BCUT2D eigenvalue weighted by Crippen LogP contribution is 2.37. The Bertz CT molecular complexity index is 776. The van der Waals surface area contributed by atoms with E-state index in [0.29, 0.717) is 25.3 Å². The smallest absolute Gasteiger partial charge is 0.418 e. The first kappa shape index (κ1) is 20.4. The summed E-state index contributed by atoms with van der Waals surface area (Å²) in [5, 5.41) is 12.7. The third-order valence-electron chi connectivity index (χ3n) is 4.04. The maximum atomic E-state index is 13.1. The second-order valence-electron chi connectivity index (χ2n) is 6.03. The Morgan fingerprint density at radius 3 is 2.59 bits per heavy atom. The molecule has 0 spiro atoms. The summed E-state index contributed by atoms with van der Waals surface area (Å²) in [6, 6.07) is 1.97. The summed E-state index contributed by atoms with van der Waals surface area (Å²) < 4.78 is 44.4. The summed E-state index contributed by atoms with van der Waals surface area (Å²) in [4.78, 5) is 33.9. The van der Waals surface area contributed by atoms with Crippen molar-refractivity contribution in [2.45, 2.75) is 38.5 Å². The largest absolute Gasteiger partial charge is 0.452 e. The Morgan fingerprint density at radius 2 is 2.04 bits per heavy atom. The van der Waals surface area contributed by atoms with E-state index in [2.05, 4.69) is 0 Å². The number of nitrogens with one attached hydrogen (secondary N) is 1. The van der Waals surface area contributed by atoms with E-state index in [4.69, 9.17) is 4.74 Å². The van der Waals surface area contributed by atoms with Crippen molar-refractivity contribution in [2.24, 2.45) is 5.92 Å². The van der Waals surface area contributed by atoms with Crippen LogP contribution in [0.2, 0.25) is 0 Å². The summed E-state index contributed by atoms with van der Waals surface area (Å²) in [6.07, 6.45) is -0.724. The highest BCUT2D eigenvalue weighted by Gasteiger charge is 2.36. The molecule has 2 rings (SSSR count). The van der Waals surface area contributed by atoms with Crippen LogP contribution in [0.1, 0.15) is 31.7 Å². The monoisotopic (exact) mass is 386 g/mol. The number of rotatable bonds is 5.